The van der Waals surface area contributed by atoms with E-state index in [1.807, 2.05) is 43.3 Å². The Labute approximate surface area is 270 Å². The predicted molar refractivity (Wildman–Crippen MR) is 178 cm³/mol. The molecule has 2 amide bonds. The maximum atomic E-state index is 14.4. The van der Waals surface area contributed by atoms with Gasteiger partial charge in [0, 0.05) is 24.5 Å². The van der Waals surface area contributed by atoms with E-state index in [1.54, 1.807) is 60.7 Å². The van der Waals surface area contributed by atoms with E-state index in [1.165, 1.54) is 24.1 Å². The number of nitrogens with one attached hydrogen (secondary N) is 1. The molecule has 0 saturated heterocycles. The number of amides is 2. The number of methoxy groups -OCH3 is 1. The lowest BCUT2D eigenvalue weighted by atomic mass is 10.0. The number of anilines is 1. The molecule has 0 aromatic heterocycles. The number of carbonyl (C=O) groups is 2. The Kier molecular flexibility index (Phi) is 12.0. The summed E-state index contributed by atoms with van der Waals surface area (Å²) in [4.78, 5) is 29.7. The van der Waals surface area contributed by atoms with E-state index in [0.717, 1.165) is 22.7 Å². The van der Waals surface area contributed by atoms with Gasteiger partial charge in [0.2, 0.25) is 11.8 Å². The number of carbonyl (C=O) groups excluding carboxylic acids is 2. The van der Waals surface area contributed by atoms with Crippen molar-refractivity contribution in [3.8, 4) is 5.75 Å². The van der Waals surface area contributed by atoms with Gasteiger partial charge in [-0.05, 0) is 66.1 Å². The lowest BCUT2D eigenvalue weighted by Crippen LogP contribution is -2.53. The molecule has 0 saturated carbocycles. The fourth-order valence-electron chi connectivity index (χ4n) is 4.89. The van der Waals surface area contributed by atoms with Crippen LogP contribution in [-0.4, -0.2) is 51.4 Å². The maximum Gasteiger partial charge on any atom is 0.264 e. The smallest absolute Gasteiger partial charge is 0.264 e. The summed E-state index contributed by atoms with van der Waals surface area (Å²) in [6, 6.07) is 30.0. The van der Waals surface area contributed by atoms with Gasteiger partial charge in [0.05, 0.1) is 17.7 Å². The van der Waals surface area contributed by atoms with Crippen molar-refractivity contribution in [1.29, 1.82) is 0 Å². The van der Waals surface area contributed by atoms with Crippen molar-refractivity contribution in [2.75, 3.05) is 24.5 Å². The third-order valence-corrected chi connectivity index (χ3v) is 9.34. The first-order chi connectivity index (χ1) is 21.7. The molecule has 0 radical (unpaired) electrons. The summed E-state index contributed by atoms with van der Waals surface area (Å²) in [6.45, 7) is 2.00. The number of rotatable bonds is 15. The van der Waals surface area contributed by atoms with E-state index in [2.05, 4.69) is 5.32 Å². The molecule has 1 atom stereocenters. The number of benzene rings is 4. The van der Waals surface area contributed by atoms with Crippen LogP contribution in [0.5, 0.6) is 5.75 Å². The lowest BCUT2D eigenvalue weighted by Gasteiger charge is -2.34. The van der Waals surface area contributed by atoms with Crippen LogP contribution in [0.3, 0.4) is 0 Å². The molecule has 4 aromatic rings. The first-order valence-corrected chi connectivity index (χ1v) is 16.6. The second-order valence-electron chi connectivity index (χ2n) is 10.5. The molecule has 0 heterocycles. The summed E-state index contributed by atoms with van der Waals surface area (Å²) in [5.74, 6) is -0.351. The van der Waals surface area contributed by atoms with Gasteiger partial charge in [-0.1, -0.05) is 85.6 Å². The normalized spacial score (nSPS) is 11.8. The lowest BCUT2D eigenvalue weighted by molar-refractivity contribution is -0.140. The third-order valence-electron chi connectivity index (χ3n) is 7.31. The summed E-state index contributed by atoms with van der Waals surface area (Å²) < 4.78 is 34.4. The molecule has 4 aromatic carbocycles. The highest BCUT2D eigenvalue weighted by molar-refractivity contribution is 7.92. The van der Waals surface area contributed by atoms with Gasteiger partial charge >= 0.3 is 0 Å². The van der Waals surface area contributed by atoms with Crippen molar-refractivity contribution in [3.63, 3.8) is 0 Å². The molecule has 0 fully saturated rings. The Morgan fingerprint density at radius 1 is 0.867 bits per heavy atom. The Bertz CT molecular complexity index is 1650. The summed E-state index contributed by atoms with van der Waals surface area (Å²) in [5.41, 5.74) is 1.89. The van der Waals surface area contributed by atoms with E-state index < -0.39 is 28.5 Å². The topological polar surface area (TPSA) is 96.0 Å². The Hall–Kier alpha value is -4.34. The molecule has 8 nitrogen and oxygen atoms in total. The van der Waals surface area contributed by atoms with Crippen LogP contribution in [0.2, 0.25) is 5.02 Å². The molecule has 236 valence electrons. The van der Waals surface area contributed by atoms with Crippen molar-refractivity contribution in [3.05, 3.63) is 125 Å². The standard InChI is InChI=1S/C35H38ClN3O5S/c1-3-4-22-37-35(41)33(24-27-12-7-5-8-13-27)38(25-28-14-11-15-29(36)23-28)34(40)26-39(30-16-9-6-10-17-30)45(42,43)32-20-18-31(44-2)19-21-32/h5-21,23,33H,3-4,22,24-26H2,1-2H3,(H,37,41)/t33-/m0/s1. The van der Waals surface area contributed by atoms with Crippen LogP contribution in [0, 0.1) is 0 Å². The molecular formula is C35H38ClN3O5S. The highest BCUT2D eigenvalue weighted by Gasteiger charge is 2.34. The van der Waals surface area contributed by atoms with Crippen molar-refractivity contribution < 1.29 is 22.7 Å². The highest BCUT2D eigenvalue weighted by Crippen LogP contribution is 2.26. The van der Waals surface area contributed by atoms with Crippen LogP contribution in [0.25, 0.3) is 0 Å². The number of nitrogens with zero attached hydrogens (tertiary/aromatic N) is 2. The number of sulfonamides is 1. The van der Waals surface area contributed by atoms with E-state index in [-0.39, 0.29) is 23.8 Å². The molecular weight excluding hydrogens is 610 g/mol. The van der Waals surface area contributed by atoms with Gasteiger partial charge in [0.15, 0.2) is 0 Å². The van der Waals surface area contributed by atoms with Crippen molar-refractivity contribution in [2.45, 2.75) is 43.7 Å². The minimum Gasteiger partial charge on any atom is -0.497 e. The van der Waals surface area contributed by atoms with Crippen molar-refractivity contribution in [2.24, 2.45) is 0 Å². The minimum atomic E-state index is -4.20. The molecule has 0 aliphatic rings. The van der Waals surface area contributed by atoms with Crippen LogP contribution in [-0.2, 0) is 32.6 Å². The third kappa shape index (κ3) is 9.09. The summed E-state index contributed by atoms with van der Waals surface area (Å²) in [6.07, 6.45) is 1.92. The van der Waals surface area contributed by atoms with Crippen LogP contribution in [0.15, 0.2) is 114 Å². The molecule has 0 spiro atoms. The van der Waals surface area contributed by atoms with Gasteiger partial charge in [-0.25, -0.2) is 8.42 Å². The summed E-state index contributed by atoms with van der Waals surface area (Å²) >= 11 is 6.30. The first-order valence-electron chi connectivity index (χ1n) is 14.8. The van der Waals surface area contributed by atoms with Gasteiger partial charge in [0.25, 0.3) is 10.0 Å². The quantitative estimate of drug-likeness (QED) is 0.157. The zero-order valence-corrected chi connectivity index (χ0v) is 27.0. The second kappa shape index (κ2) is 16.1. The fourth-order valence-corrected chi connectivity index (χ4v) is 6.52. The number of hydrogen-bond acceptors (Lipinski definition) is 5. The molecule has 45 heavy (non-hydrogen) atoms. The van der Waals surface area contributed by atoms with Gasteiger partial charge in [0.1, 0.15) is 18.3 Å². The molecule has 0 bridgehead atoms. The van der Waals surface area contributed by atoms with E-state index in [4.69, 9.17) is 16.3 Å². The number of unbranched alkanes of at least 4 members (excludes halogenated alkanes) is 1. The average Bonchev–Trinajstić information content (AvgIpc) is 3.06. The van der Waals surface area contributed by atoms with E-state index in [0.29, 0.717) is 28.6 Å². The molecule has 10 heteroatoms. The average molecular weight is 648 g/mol. The zero-order chi connectivity index (χ0) is 32.2. The Balaban J connectivity index is 1.77. The number of ether oxygens (including phenoxy) is 1. The van der Waals surface area contributed by atoms with Gasteiger partial charge in [-0.15, -0.1) is 0 Å². The second-order valence-corrected chi connectivity index (χ2v) is 12.8. The largest absolute Gasteiger partial charge is 0.497 e. The fraction of sp³-hybridized carbons (Fsp3) is 0.257. The molecule has 0 aliphatic heterocycles. The molecule has 1 N–H and O–H groups in total. The Morgan fingerprint density at radius 3 is 2.13 bits per heavy atom. The van der Waals surface area contributed by atoms with Crippen LogP contribution >= 0.6 is 11.6 Å². The van der Waals surface area contributed by atoms with Gasteiger partial charge in [-0.3, -0.25) is 13.9 Å². The number of para-hydroxylation sites is 1. The zero-order valence-electron chi connectivity index (χ0n) is 25.4. The maximum absolute atomic E-state index is 14.4. The Morgan fingerprint density at radius 2 is 1.51 bits per heavy atom. The first kappa shape index (κ1) is 33.6. The number of hydrogen-bond donors (Lipinski definition) is 1. The minimum absolute atomic E-state index is 0.000474. The van der Waals surface area contributed by atoms with Crippen molar-refractivity contribution >= 4 is 39.1 Å². The predicted octanol–water partition coefficient (Wildman–Crippen LogP) is 6.10. The highest BCUT2D eigenvalue weighted by atomic mass is 35.5. The van der Waals surface area contributed by atoms with Crippen LogP contribution in [0.4, 0.5) is 5.69 Å². The summed E-state index contributed by atoms with van der Waals surface area (Å²) in [7, 11) is -2.70. The number of halogens is 1. The molecule has 4 rings (SSSR count). The molecule has 0 aliphatic carbocycles. The molecule has 0 unspecified atom stereocenters. The summed E-state index contributed by atoms with van der Waals surface area (Å²) in [5, 5.41) is 3.47. The van der Waals surface area contributed by atoms with Gasteiger partial charge < -0.3 is 15.0 Å². The monoisotopic (exact) mass is 647 g/mol. The van der Waals surface area contributed by atoms with E-state index >= 15 is 0 Å². The van der Waals surface area contributed by atoms with Crippen LogP contribution < -0.4 is 14.4 Å². The van der Waals surface area contributed by atoms with E-state index in [9.17, 15) is 18.0 Å². The van der Waals surface area contributed by atoms with Crippen molar-refractivity contribution in [1.82, 2.24) is 10.2 Å². The van der Waals surface area contributed by atoms with Gasteiger partial charge in [-0.2, -0.15) is 0 Å². The SMILES string of the molecule is CCCCNC(=O)[C@H](Cc1ccccc1)N(Cc1cccc(Cl)c1)C(=O)CN(c1ccccc1)S(=O)(=O)c1ccc(OC)cc1. The van der Waals surface area contributed by atoms with Crippen LogP contribution in [0.1, 0.15) is 30.9 Å².